The Hall–Kier alpha value is -1.31. The fourth-order valence-electron chi connectivity index (χ4n) is 1.55. The lowest BCUT2D eigenvalue weighted by Gasteiger charge is -2.10. The van der Waals surface area contributed by atoms with Gasteiger partial charge in [0.05, 0.1) is 15.6 Å². The van der Waals surface area contributed by atoms with E-state index in [1.165, 1.54) is 18.3 Å². The highest BCUT2D eigenvalue weighted by molar-refractivity contribution is 9.10. The number of halogens is 2. The molecular formula is C12H11BrClN3O2S. The number of anilines is 2. The third kappa shape index (κ3) is 3.23. The van der Waals surface area contributed by atoms with Crippen molar-refractivity contribution in [3.05, 3.63) is 45.5 Å². The molecule has 106 valence electrons. The predicted molar refractivity (Wildman–Crippen MR) is 83.3 cm³/mol. The number of rotatable bonds is 3. The molecule has 0 aliphatic carbocycles. The van der Waals surface area contributed by atoms with Crippen molar-refractivity contribution in [2.24, 2.45) is 0 Å². The Labute approximate surface area is 130 Å². The van der Waals surface area contributed by atoms with E-state index in [0.717, 1.165) is 4.47 Å². The van der Waals surface area contributed by atoms with Crippen LogP contribution in [0.15, 0.2) is 39.8 Å². The molecule has 0 saturated carbocycles. The minimum Gasteiger partial charge on any atom is -0.397 e. The number of aryl methyl sites for hydroxylation is 1. The lowest BCUT2D eigenvalue weighted by molar-refractivity contribution is 0.601. The molecule has 0 unspecified atom stereocenters. The second-order valence-corrected chi connectivity index (χ2v) is 7.09. The van der Waals surface area contributed by atoms with E-state index in [0.29, 0.717) is 10.6 Å². The molecular weight excluding hydrogens is 366 g/mol. The van der Waals surface area contributed by atoms with Gasteiger partial charge in [-0.25, -0.2) is 13.4 Å². The quantitative estimate of drug-likeness (QED) is 0.806. The summed E-state index contributed by atoms with van der Waals surface area (Å²) in [7, 11) is -3.75. The van der Waals surface area contributed by atoms with Crippen LogP contribution in [0.5, 0.6) is 0 Å². The van der Waals surface area contributed by atoms with Crippen LogP contribution in [0.1, 0.15) is 5.56 Å². The third-order valence-corrected chi connectivity index (χ3v) is 4.85. The highest BCUT2D eigenvalue weighted by atomic mass is 79.9. The number of nitrogens with one attached hydrogen (secondary N) is 1. The van der Waals surface area contributed by atoms with Crippen LogP contribution >= 0.6 is 27.5 Å². The Bertz CT molecular complexity index is 725. The first-order valence-corrected chi connectivity index (χ1v) is 8.15. The van der Waals surface area contributed by atoms with Gasteiger partial charge in [0, 0.05) is 10.7 Å². The molecule has 0 aliphatic heterocycles. The molecule has 8 heteroatoms. The van der Waals surface area contributed by atoms with Crippen molar-refractivity contribution in [1.82, 2.24) is 4.98 Å². The molecule has 0 atom stereocenters. The molecule has 0 spiro atoms. The Balaban J connectivity index is 2.38. The van der Waals surface area contributed by atoms with Gasteiger partial charge in [-0.3, -0.25) is 4.72 Å². The van der Waals surface area contributed by atoms with Gasteiger partial charge in [-0.05, 0) is 52.7 Å². The average molecular weight is 377 g/mol. The topological polar surface area (TPSA) is 85.1 Å². The first-order chi connectivity index (χ1) is 9.29. The van der Waals surface area contributed by atoms with Crippen molar-refractivity contribution in [1.29, 1.82) is 0 Å². The number of pyridine rings is 1. The Morgan fingerprint density at radius 1 is 1.35 bits per heavy atom. The van der Waals surface area contributed by atoms with Gasteiger partial charge in [-0.1, -0.05) is 11.6 Å². The highest BCUT2D eigenvalue weighted by Gasteiger charge is 2.17. The van der Waals surface area contributed by atoms with Crippen LogP contribution in [-0.2, 0) is 10.0 Å². The van der Waals surface area contributed by atoms with Gasteiger partial charge in [-0.2, -0.15) is 0 Å². The lowest BCUT2D eigenvalue weighted by Crippen LogP contribution is -2.14. The number of aromatic nitrogens is 1. The van der Waals surface area contributed by atoms with Gasteiger partial charge in [0.1, 0.15) is 5.82 Å². The molecule has 0 bridgehead atoms. The molecule has 1 aromatic carbocycles. The zero-order valence-electron chi connectivity index (χ0n) is 10.4. The fraction of sp³-hybridized carbons (Fsp3) is 0.0833. The Morgan fingerprint density at radius 2 is 2.05 bits per heavy atom. The summed E-state index contributed by atoms with van der Waals surface area (Å²) in [4.78, 5) is 4.00. The molecule has 0 aliphatic rings. The first-order valence-electron chi connectivity index (χ1n) is 5.49. The molecule has 0 saturated heterocycles. The molecule has 5 nitrogen and oxygen atoms in total. The summed E-state index contributed by atoms with van der Waals surface area (Å²) in [5, 5.41) is 0.353. The summed E-state index contributed by atoms with van der Waals surface area (Å²) in [6.07, 6.45) is 1.50. The van der Waals surface area contributed by atoms with Crippen LogP contribution in [0.3, 0.4) is 0 Å². The summed E-state index contributed by atoms with van der Waals surface area (Å²) in [6, 6.07) is 6.01. The number of hydrogen-bond acceptors (Lipinski definition) is 4. The van der Waals surface area contributed by atoms with Gasteiger partial charge >= 0.3 is 0 Å². The van der Waals surface area contributed by atoms with Crippen molar-refractivity contribution in [3.63, 3.8) is 0 Å². The van der Waals surface area contributed by atoms with Gasteiger partial charge in [-0.15, -0.1) is 0 Å². The number of hydrogen-bond donors (Lipinski definition) is 2. The minimum atomic E-state index is -3.75. The maximum atomic E-state index is 12.2. The molecule has 0 amide bonds. The normalized spacial score (nSPS) is 11.3. The van der Waals surface area contributed by atoms with Crippen molar-refractivity contribution in [3.8, 4) is 0 Å². The number of nitrogens with zero attached hydrogens (tertiary/aromatic N) is 1. The van der Waals surface area contributed by atoms with Crippen LogP contribution < -0.4 is 10.5 Å². The predicted octanol–water partition coefficient (Wildman–Crippen LogP) is 3.19. The smallest absolute Gasteiger partial charge is 0.263 e. The van der Waals surface area contributed by atoms with Crippen molar-refractivity contribution < 1.29 is 8.42 Å². The summed E-state index contributed by atoms with van der Waals surface area (Å²) < 4.78 is 27.6. The van der Waals surface area contributed by atoms with Crippen molar-refractivity contribution in [2.75, 3.05) is 10.5 Å². The number of nitrogens with two attached hydrogens (primary N) is 1. The summed E-state index contributed by atoms with van der Waals surface area (Å²) in [6.45, 7) is 1.69. The van der Waals surface area contributed by atoms with Crippen molar-refractivity contribution >= 4 is 49.1 Å². The lowest BCUT2D eigenvalue weighted by atomic mass is 10.2. The van der Waals surface area contributed by atoms with Crippen LogP contribution in [-0.4, -0.2) is 13.4 Å². The van der Waals surface area contributed by atoms with Crippen LogP contribution in [0.4, 0.5) is 11.5 Å². The van der Waals surface area contributed by atoms with E-state index in [-0.39, 0.29) is 16.4 Å². The number of nitrogen functional groups attached to an aromatic ring is 1. The van der Waals surface area contributed by atoms with Crippen LogP contribution in [0.25, 0.3) is 0 Å². The summed E-state index contributed by atoms with van der Waals surface area (Å²) in [5.74, 6) is 0.222. The van der Waals surface area contributed by atoms with E-state index >= 15 is 0 Å². The second-order valence-electron chi connectivity index (χ2n) is 4.11. The third-order valence-electron chi connectivity index (χ3n) is 2.53. The van der Waals surface area contributed by atoms with Gasteiger partial charge in [0.15, 0.2) is 0 Å². The molecule has 0 radical (unpaired) electrons. The van der Waals surface area contributed by atoms with Gasteiger partial charge < -0.3 is 5.73 Å². The maximum Gasteiger partial charge on any atom is 0.263 e. The molecule has 3 N–H and O–H groups in total. The van der Waals surface area contributed by atoms with E-state index in [1.54, 1.807) is 19.1 Å². The Kier molecular flexibility index (Phi) is 4.22. The molecule has 1 aromatic heterocycles. The molecule has 0 fully saturated rings. The number of benzene rings is 1. The zero-order chi connectivity index (χ0) is 14.9. The van der Waals surface area contributed by atoms with E-state index in [1.807, 2.05) is 0 Å². The summed E-state index contributed by atoms with van der Waals surface area (Å²) >= 11 is 9.15. The zero-order valence-corrected chi connectivity index (χ0v) is 13.6. The van der Waals surface area contributed by atoms with E-state index < -0.39 is 10.0 Å². The SMILES string of the molecule is Cc1cc(S(=O)(=O)Nc2ccc(Br)cn2)cc(N)c1Cl. The van der Waals surface area contributed by atoms with E-state index in [2.05, 4.69) is 25.6 Å². The second kappa shape index (κ2) is 5.59. The van der Waals surface area contributed by atoms with E-state index in [4.69, 9.17) is 17.3 Å². The van der Waals surface area contributed by atoms with Crippen LogP contribution in [0, 0.1) is 6.92 Å². The fourth-order valence-corrected chi connectivity index (χ4v) is 3.02. The average Bonchev–Trinajstić information content (AvgIpc) is 2.38. The monoisotopic (exact) mass is 375 g/mol. The first kappa shape index (κ1) is 15.1. The van der Waals surface area contributed by atoms with Gasteiger partial charge in [0.2, 0.25) is 0 Å². The Morgan fingerprint density at radius 3 is 2.60 bits per heavy atom. The van der Waals surface area contributed by atoms with Crippen LogP contribution in [0.2, 0.25) is 5.02 Å². The molecule has 20 heavy (non-hydrogen) atoms. The molecule has 1 heterocycles. The summed E-state index contributed by atoms with van der Waals surface area (Å²) in [5.41, 5.74) is 6.50. The molecule has 2 rings (SSSR count). The highest BCUT2D eigenvalue weighted by Crippen LogP contribution is 2.27. The number of sulfonamides is 1. The van der Waals surface area contributed by atoms with Crippen molar-refractivity contribution in [2.45, 2.75) is 11.8 Å². The minimum absolute atomic E-state index is 0.0432. The molecule has 2 aromatic rings. The standard InChI is InChI=1S/C12H11BrClN3O2S/c1-7-4-9(5-10(15)12(7)14)20(18,19)17-11-3-2-8(13)6-16-11/h2-6H,15H2,1H3,(H,16,17). The van der Waals surface area contributed by atoms with E-state index in [9.17, 15) is 8.42 Å². The largest absolute Gasteiger partial charge is 0.397 e. The maximum absolute atomic E-state index is 12.2. The van der Waals surface area contributed by atoms with Gasteiger partial charge in [0.25, 0.3) is 10.0 Å².